The highest BCUT2D eigenvalue weighted by atomic mass is 79.9. The maximum Gasteiger partial charge on any atom is 0.120 e. The molecule has 2 nitrogen and oxygen atoms in total. The van der Waals surface area contributed by atoms with Crippen molar-refractivity contribution in [2.24, 2.45) is 0 Å². The molecule has 3 heteroatoms. The Bertz CT molecular complexity index is 328. The van der Waals surface area contributed by atoms with E-state index in [1.807, 2.05) is 24.3 Å². The number of hydrogen-bond donors (Lipinski definition) is 1. The quantitative estimate of drug-likeness (QED) is 0.769. The largest absolute Gasteiger partial charge is 0.491 e. The molecular formula is C14H22BrNO. The lowest BCUT2D eigenvalue weighted by molar-refractivity contribution is 0.207. The zero-order valence-corrected chi connectivity index (χ0v) is 12.5. The minimum Gasteiger partial charge on any atom is -0.491 e. The van der Waals surface area contributed by atoms with Crippen LogP contribution in [0.3, 0.4) is 0 Å². The van der Waals surface area contributed by atoms with Crippen LogP contribution >= 0.6 is 15.9 Å². The molecule has 0 aliphatic rings. The lowest BCUT2D eigenvalue weighted by atomic mass is 10.2. The van der Waals surface area contributed by atoms with Crippen molar-refractivity contribution in [3.8, 4) is 5.75 Å². The predicted molar refractivity (Wildman–Crippen MR) is 76.6 cm³/mol. The van der Waals surface area contributed by atoms with Gasteiger partial charge in [0.1, 0.15) is 5.75 Å². The van der Waals surface area contributed by atoms with Crippen LogP contribution in [0, 0.1) is 0 Å². The number of ether oxygens (including phenoxy) is 1. The average molecular weight is 300 g/mol. The minimum atomic E-state index is 0.262. The third-order valence-corrected chi connectivity index (χ3v) is 2.97. The molecule has 96 valence electrons. The summed E-state index contributed by atoms with van der Waals surface area (Å²) in [5.41, 5.74) is 0. The molecule has 1 atom stereocenters. The summed E-state index contributed by atoms with van der Waals surface area (Å²) in [4.78, 5) is 0. The normalized spacial score (nSPS) is 12.8. The molecule has 0 bridgehead atoms. The lowest BCUT2D eigenvalue weighted by Crippen LogP contribution is -2.25. The number of benzene rings is 1. The van der Waals surface area contributed by atoms with Gasteiger partial charge in [-0.2, -0.15) is 0 Å². The molecule has 1 N–H and O–H groups in total. The van der Waals surface area contributed by atoms with Crippen molar-refractivity contribution in [1.29, 1.82) is 0 Å². The monoisotopic (exact) mass is 299 g/mol. The van der Waals surface area contributed by atoms with E-state index in [1.165, 1.54) is 0 Å². The zero-order chi connectivity index (χ0) is 12.7. The fraction of sp³-hybridized carbons (Fsp3) is 0.571. The Balaban J connectivity index is 2.23. The van der Waals surface area contributed by atoms with E-state index in [9.17, 15) is 0 Å². The fourth-order valence-corrected chi connectivity index (χ4v) is 1.99. The highest BCUT2D eigenvalue weighted by Gasteiger charge is 2.04. The van der Waals surface area contributed by atoms with Gasteiger partial charge in [-0.05, 0) is 44.5 Å². The molecular weight excluding hydrogens is 278 g/mol. The van der Waals surface area contributed by atoms with Crippen LogP contribution in [0.25, 0.3) is 0 Å². The summed E-state index contributed by atoms with van der Waals surface area (Å²) in [6.07, 6.45) is 2.48. The summed E-state index contributed by atoms with van der Waals surface area (Å²) in [5.74, 6) is 0.934. The van der Waals surface area contributed by atoms with Crippen LogP contribution in [0.5, 0.6) is 5.75 Å². The maximum atomic E-state index is 5.84. The molecule has 0 heterocycles. The maximum absolute atomic E-state index is 5.84. The number of hydrogen-bond acceptors (Lipinski definition) is 2. The van der Waals surface area contributed by atoms with Crippen molar-refractivity contribution in [2.45, 2.75) is 45.8 Å². The molecule has 1 aromatic rings. The first kappa shape index (κ1) is 14.5. The van der Waals surface area contributed by atoms with Crippen molar-refractivity contribution < 1.29 is 4.74 Å². The third-order valence-electron chi connectivity index (χ3n) is 2.47. The van der Waals surface area contributed by atoms with E-state index in [2.05, 4.69) is 42.0 Å². The average Bonchev–Trinajstić information content (AvgIpc) is 2.24. The summed E-state index contributed by atoms with van der Waals surface area (Å²) >= 11 is 3.44. The van der Waals surface area contributed by atoms with Gasteiger partial charge in [0.2, 0.25) is 0 Å². The molecule has 1 rings (SSSR count). The first-order valence-corrected chi connectivity index (χ1v) is 7.03. The predicted octanol–water partition coefficient (Wildman–Crippen LogP) is 3.99. The Hall–Kier alpha value is -0.540. The van der Waals surface area contributed by atoms with Crippen molar-refractivity contribution in [2.75, 3.05) is 6.54 Å². The van der Waals surface area contributed by atoms with Gasteiger partial charge >= 0.3 is 0 Å². The second kappa shape index (κ2) is 7.72. The van der Waals surface area contributed by atoms with E-state index in [0.29, 0.717) is 6.04 Å². The Morgan fingerprint density at radius 2 is 2.06 bits per heavy atom. The second-order valence-electron chi connectivity index (χ2n) is 4.64. The van der Waals surface area contributed by atoms with Gasteiger partial charge in [0.25, 0.3) is 0 Å². The summed E-state index contributed by atoms with van der Waals surface area (Å²) in [6.45, 7) is 7.52. The van der Waals surface area contributed by atoms with Gasteiger partial charge in [-0.3, -0.25) is 0 Å². The van der Waals surface area contributed by atoms with Gasteiger partial charge in [-0.1, -0.05) is 35.8 Å². The van der Waals surface area contributed by atoms with E-state index < -0.39 is 0 Å². The van der Waals surface area contributed by atoms with E-state index in [1.54, 1.807) is 0 Å². The number of halogens is 1. The minimum absolute atomic E-state index is 0.262. The standard InChI is InChI=1S/C14H22BrNO/c1-11(2)16-9-5-6-12(3)17-14-8-4-7-13(15)10-14/h4,7-8,10-12,16H,5-6,9H2,1-3H3. The smallest absolute Gasteiger partial charge is 0.120 e. The van der Waals surface area contributed by atoms with Crippen LogP contribution in [0.4, 0.5) is 0 Å². The summed E-state index contributed by atoms with van der Waals surface area (Å²) in [5, 5.41) is 3.41. The van der Waals surface area contributed by atoms with Crippen molar-refractivity contribution in [3.63, 3.8) is 0 Å². The molecule has 0 aromatic heterocycles. The third kappa shape index (κ3) is 6.69. The Morgan fingerprint density at radius 3 is 2.71 bits per heavy atom. The van der Waals surface area contributed by atoms with Crippen LogP contribution in [0.1, 0.15) is 33.6 Å². The lowest BCUT2D eigenvalue weighted by Gasteiger charge is -2.15. The molecule has 0 fully saturated rings. The van der Waals surface area contributed by atoms with Gasteiger partial charge in [-0.15, -0.1) is 0 Å². The van der Waals surface area contributed by atoms with E-state index >= 15 is 0 Å². The van der Waals surface area contributed by atoms with Crippen LogP contribution in [-0.4, -0.2) is 18.7 Å². The molecule has 0 saturated carbocycles. The van der Waals surface area contributed by atoms with Crippen molar-refractivity contribution >= 4 is 15.9 Å². The van der Waals surface area contributed by atoms with Crippen molar-refractivity contribution in [1.82, 2.24) is 5.32 Å². The van der Waals surface area contributed by atoms with E-state index in [-0.39, 0.29) is 6.10 Å². The molecule has 17 heavy (non-hydrogen) atoms. The molecule has 0 spiro atoms. The van der Waals surface area contributed by atoms with Gasteiger partial charge in [0.15, 0.2) is 0 Å². The van der Waals surface area contributed by atoms with Gasteiger partial charge in [-0.25, -0.2) is 0 Å². The number of nitrogens with one attached hydrogen (secondary N) is 1. The highest BCUT2D eigenvalue weighted by Crippen LogP contribution is 2.19. The van der Waals surface area contributed by atoms with Crippen LogP contribution < -0.4 is 10.1 Å². The second-order valence-corrected chi connectivity index (χ2v) is 5.55. The van der Waals surface area contributed by atoms with Gasteiger partial charge in [0, 0.05) is 10.5 Å². The molecule has 0 aliphatic carbocycles. The van der Waals surface area contributed by atoms with Crippen LogP contribution in [0.2, 0.25) is 0 Å². The molecule has 1 aromatic carbocycles. The highest BCUT2D eigenvalue weighted by molar-refractivity contribution is 9.10. The topological polar surface area (TPSA) is 21.3 Å². The molecule has 0 saturated heterocycles. The fourth-order valence-electron chi connectivity index (χ4n) is 1.61. The molecule has 0 radical (unpaired) electrons. The van der Waals surface area contributed by atoms with Gasteiger partial charge < -0.3 is 10.1 Å². The van der Waals surface area contributed by atoms with Crippen LogP contribution in [-0.2, 0) is 0 Å². The molecule has 0 aliphatic heterocycles. The summed E-state index contributed by atoms with van der Waals surface area (Å²) < 4.78 is 6.90. The summed E-state index contributed by atoms with van der Waals surface area (Å²) in [7, 11) is 0. The summed E-state index contributed by atoms with van der Waals surface area (Å²) in [6, 6.07) is 8.56. The van der Waals surface area contributed by atoms with Crippen molar-refractivity contribution in [3.05, 3.63) is 28.7 Å². The van der Waals surface area contributed by atoms with Crippen LogP contribution in [0.15, 0.2) is 28.7 Å². The van der Waals surface area contributed by atoms with E-state index in [0.717, 1.165) is 29.6 Å². The Kier molecular flexibility index (Phi) is 6.60. The Labute approximate surface area is 113 Å². The first-order chi connectivity index (χ1) is 8.08. The molecule has 1 unspecified atom stereocenters. The van der Waals surface area contributed by atoms with E-state index in [4.69, 9.17) is 4.74 Å². The van der Waals surface area contributed by atoms with Gasteiger partial charge in [0.05, 0.1) is 6.10 Å². The molecule has 0 amide bonds. The number of rotatable bonds is 7. The first-order valence-electron chi connectivity index (χ1n) is 6.23. The zero-order valence-electron chi connectivity index (χ0n) is 10.9. The Morgan fingerprint density at radius 1 is 1.29 bits per heavy atom. The SMILES string of the molecule is CC(C)NCCCC(C)Oc1cccc(Br)c1.